The minimum atomic E-state index is 0.840. The number of rotatable bonds is 7. The van der Waals surface area contributed by atoms with Crippen molar-refractivity contribution in [1.29, 1.82) is 0 Å². The van der Waals surface area contributed by atoms with Crippen LogP contribution in [0.2, 0.25) is 0 Å². The summed E-state index contributed by atoms with van der Waals surface area (Å²) in [5.74, 6) is 0. The van der Waals surface area contributed by atoms with E-state index in [0.29, 0.717) is 0 Å². The van der Waals surface area contributed by atoms with Crippen LogP contribution in [0.4, 0.5) is 5.13 Å². The molecule has 0 aliphatic carbocycles. The SMILES string of the molecule is CCN(CC)c1ncc(CNCc2cnn(C)c2)s1. The standard InChI is InChI=1S/C13H21N5S/c1-4-18(5-2)13-15-9-12(19-13)8-14-6-11-7-16-17(3)10-11/h7,9-10,14H,4-6,8H2,1-3H3. The molecule has 0 atom stereocenters. The van der Waals surface area contributed by atoms with E-state index in [-0.39, 0.29) is 0 Å². The smallest absolute Gasteiger partial charge is 0.185 e. The summed E-state index contributed by atoms with van der Waals surface area (Å²) in [6, 6.07) is 0. The molecular weight excluding hydrogens is 258 g/mol. The minimum Gasteiger partial charge on any atom is -0.349 e. The van der Waals surface area contributed by atoms with Crippen molar-refractivity contribution in [2.24, 2.45) is 7.05 Å². The number of nitrogens with zero attached hydrogens (tertiary/aromatic N) is 4. The van der Waals surface area contributed by atoms with Gasteiger partial charge in [-0.15, -0.1) is 11.3 Å². The zero-order valence-electron chi connectivity index (χ0n) is 11.8. The van der Waals surface area contributed by atoms with Gasteiger partial charge in [0, 0.05) is 56.1 Å². The maximum absolute atomic E-state index is 4.48. The highest BCUT2D eigenvalue weighted by atomic mass is 32.1. The summed E-state index contributed by atoms with van der Waals surface area (Å²) in [4.78, 5) is 8.02. The lowest BCUT2D eigenvalue weighted by molar-refractivity contribution is 0.698. The van der Waals surface area contributed by atoms with Crippen LogP contribution < -0.4 is 10.2 Å². The Morgan fingerprint density at radius 3 is 2.68 bits per heavy atom. The summed E-state index contributed by atoms with van der Waals surface area (Å²) in [5, 5.41) is 8.68. The molecule has 2 aromatic rings. The van der Waals surface area contributed by atoms with Crippen LogP contribution in [0.5, 0.6) is 0 Å². The predicted molar refractivity (Wildman–Crippen MR) is 79.4 cm³/mol. The largest absolute Gasteiger partial charge is 0.349 e. The highest BCUT2D eigenvalue weighted by Gasteiger charge is 2.07. The van der Waals surface area contributed by atoms with Gasteiger partial charge in [0.25, 0.3) is 0 Å². The maximum Gasteiger partial charge on any atom is 0.185 e. The van der Waals surface area contributed by atoms with Crippen molar-refractivity contribution in [3.05, 3.63) is 29.0 Å². The average molecular weight is 279 g/mol. The van der Waals surface area contributed by atoms with E-state index in [9.17, 15) is 0 Å². The van der Waals surface area contributed by atoms with Gasteiger partial charge in [-0.3, -0.25) is 4.68 Å². The molecule has 19 heavy (non-hydrogen) atoms. The quantitative estimate of drug-likeness (QED) is 0.842. The molecule has 0 saturated heterocycles. The molecule has 5 nitrogen and oxygen atoms in total. The van der Waals surface area contributed by atoms with Gasteiger partial charge in [-0.2, -0.15) is 5.10 Å². The van der Waals surface area contributed by atoms with E-state index in [1.807, 2.05) is 30.3 Å². The average Bonchev–Trinajstić information content (AvgIpc) is 3.01. The van der Waals surface area contributed by atoms with Crippen molar-refractivity contribution in [1.82, 2.24) is 20.1 Å². The number of nitrogens with one attached hydrogen (secondary N) is 1. The molecule has 0 unspecified atom stereocenters. The van der Waals surface area contributed by atoms with Crippen LogP contribution >= 0.6 is 11.3 Å². The van der Waals surface area contributed by atoms with Gasteiger partial charge < -0.3 is 10.2 Å². The molecule has 0 spiro atoms. The Bertz CT molecular complexity index is 501. The van der Waals surface area contributed by atoms with E-state index >= 15 is 0 Å². The lowest BCUT2D eigenvalue weighted by atomic mass is 10.3. The Hall–Kier alpha value is -1.40. The summed E-state index contributed by atoms with van der Waals surface area (Å²) in [7, 11) is 1.93. The molecule has 2 rings (SSSR count). The number of aryl methyl sites for hydroxylation is 1. The fourth-order valence-corrected chi connectivity index (χ4v) is 2.92. The van der Waals surface area contributed by atoms with E-state index in [1.54, 1.807) is 11.3 Å². The fourth-order valence-electron chi connectivity index (χ4n) is 1.91. The van der Waals surface area contributed by atoms with E-state index in [2.05, 4.69) is 34.1 Å². The first-order chi connectivity index (χ1) is 9.22. The van der Waals surface area contributed by atoms with Crippen molar-refractivity contribution < 1.29 is 0 Å². The molecule has 0 aromatic carbocycles. The van der Waals surface area contributed by atoms with Gasteiger partial charge in [-0.05, 0) is 13.8 Å². The van der Waals surface area contributed by atoms with Gasteiger partial charge in [-0.1, -0.05) is 0 Å². The molecule has 6 heteroatoms. The molecule has 2 aromatic heterocycles. The third-order valence-electron chi connectivity index (χ3n) is 2.96. The maximum atomic E-state index is 4.48. The Morgan fingerprint density at radius 1 is 1.26 bits per heavy atom. The summed E-state index contributed by atoms with van der Waals surface area (Å²) in [5.41, 5.74) is 1.20. The zero-order chi connectivity index (χ0) is 13.7. The number of hydrogen-bond donors (Lipinski definition) is 1. The Labute approximate surface area is 118 Å². The van der Waals surface area contributed by atoms with Gasteiger partial charge in [0.1, 0.15) is 0 Å². The first-order valence-corrected chi connectivity index (χ1v) is 7.42. The molecule has 0 radical (unpaired) electrons. The summed E-state index contributed by atoms with van der Waals surface area (Å²) >= 11 is 1.76. The molecule has 0 bridgehead atoms. The second kappa shape index (κ2) is 6.68. The normalized spacial score (nSPS) is 10.9. The molecule has 1 N–H and O–H groups in total. The van der Waals surface area contributed by atoms with Crippen LogP contribution in [0.3, 0.4) is 0 Å². The fraction of sp³-hybridized carbons (Fsp3) is 0.538. The topological polar surface area (TPSA) is 46.0 Å². The summed E-state index contributed by atoms with van der Waals surface area (Å²) < 4.78 is 1.82. The molecule has 0 fully saturated rings. The first-order valence-electron chi connectivity index (χ1n) is 6.60. The van der Waals surface area contributed by atoms with Crippen LogP contribution in [0.25, 0.3) is 0 Å². The third-order valence-corrected chi connectivity index (χ3v) is 4.02. The number of hydrogen-bond acceptors (Lipinski definition) is 5. The summed E-state index contributed by atoms with van der Waals surface area (Å²) in [6.07, 6.45) is 5.89. The van der Waals surface area contributed by atoms with Gasteiger partial charge >= 0.3 is 0 Å². The molecule has 2 heterocycles. The van der Waals surface area contributed by atoms with Crippen molar-refractivity contribution >= 4 is 16.5 Å². The molecule has 0 amide bonds. The van der Waals surface area contributed by atoms with Crippen molar-refractivity contribution in [3.8, 4) is 0 Å². The van der Waals surface area contributed by atoms with Crippen LogP contribution in [0, 0.1) is 0 Å². The second-order valence-corrected chi connectivity index (χ2v) is 5.50. The number of anilines is 1. The van der Waals surface area contributed by atoms with E-state index in [0.717, 1.165) is 31.3 Å². The van der Waals surface area contributed by atoms with Gasteiger partial charge in [0.15, 0.2) is 5.13 Å². The lowest BCUT2D eigenvalue weighted by Crippen LogP contribution is -2.21. The monoisotopic (exact) mass is 279 g/mol. The molecule has 0 aliphatic rings. The summed E-state index contributed by atoms with van der Waals surface area (Å²) in [6.45, 7) is 8.02. The highest BCUT2D eigenvalue weighted by Crippen LogP contribution is 2.22. The van der Waals surface area contributed by atoms with E-state index in [1.165, 1.54) is 10.4 Å². The van der Waals surface area contributed by atoms with Gasteiger partial charge in [0.05, 0.1) is 6.20 Å². The number of thiazole rings is 1. The van der Waals surface area contributed by atoms with Crippen LogP contribution in [0.15, 0.2) is 18.6 Å². The van der Waals surface area contributed by atoms with Crippen LogP contribution in [-0.4, -0.2) is 27.9 Å². The van der Waals surface area contributed by atoms with Crippen molar-refractivity contribution in [3.63, 3.8) is 0 Å². The van der Waals surface area contributed by atoms with Crippen molar-refractivity contribution in [2.75, 3.05) is 18.0 Å². The third kappa shape index (κ3) is 3.78. The second-order valence-electron chi connectivity index (χ2n) is 4.41. The molecular formula is C13H21N5S. The zero-order valence-corrected chi connectivity index (χ0v) is 12.6. The van der Waals surface area contributed by atoms with E-state index < -0.39 is 0 Å². The predicted octanol–water partition coefficient (Wildman–Crippen LogP) is 2.01. The Kier molecular flexibility index (Phi) is 4.93. The van der Waals surface area contributed by atoms with Crippen molar-refractivity contribution in [2.45, 2.75) is 26.9 Å². The Balaban J connectivity index is 1.83. The molecule has 0 aliphatic heterocycles. The lowest BCUT2D eigenvalue weighted by Gasteiger charge is -2.16. The van der Waals surface area contributed by atoms with Gasteiger partial charge in [0.2, 0.25) is 0 Å². The van der Waals surface area contributed by atoms with E-state index in [4.69, 9.17) is 0 Å². The molecule has 104 valence electrons. The Morgan fingerprint density at radius 2 is 2.05 bits per heavy atom. The van der Waals surface area contributed by atoms with Crippen LogP contribution in [-0.2, 0) is 20.1 Å². The highest BCUT2D eigenvalue weighted by molar-refractivity contribution is 7.15. The minimum absolute atomic E-state index is 0.840. The van der Waals surface area contributed by atoms with Gasteiger partial charge in [-0.25, -0.2) is 4.98 Å². The molecule has 0 saturated carbocycles. The van der Waals surface area contributed by atoms with Crippen LogP contribution in [0.1, 0.15) is 24.3 Å². The number of aromatic nitrogens is 3. The first kappa shape index (κ1) is 14.0.